The zero-order valence-electron chi connectivity index (χ0n) is 13.5. The van der Waals surface area contributed by atoms with Crippen molar-refractivity contribution >= 4 is 17.7 Å². The van der Waals surface area contributed by atoms with E-state index in [2.05, 4.69) is 17.6 Å². The molecule has 2 saturated heterocycles. The number of carbonyl (C=O) groups excluding carboxylic acids is 2. The molecule has 0 aliphatic carbocycles. The summed E-state index contributed by atoms with van der Waals surface area (Å²) in [6, 6.07) is 7.61. The van der Waals surface area contributed by atoms with E-state index < -0.39 is 0 Å². The van der Waals surface area contributed by atoms with Crippen molar-refractivity contribution in [3.05, 3.63) is 29.8 Å². The Bertz CT molecular complexity index is 590. The molecule has 3 rings (SSSR count). The molecule has 2 aliphatic heterocycles. The average Bonchev–Trinajstić information content (AvgIpc) is 3.19. The van der Waals surface area contributed by atoms with E-state index >= 15 is 0 Å². The van der Waals surface area contributed by atoms with Gasteiger partial charge in [-0.05, 0) is 24.0 Å². The van der Waals surface area contributed by atoms with Crippen LogP contribution in [0.15, 0.2) is 24.3 Å². The van der Waals surface area contributed by atoms with Gasteiger partial charge in [-0.3, -0.25) is 0 Å². The second-order valence-corrected chi connectivity index (χ2v) is 6.25. The Morgan fingerprint density at radius 2 is 2.17 bits per heavy atom. The molecule has 6 nitrogen and oxygen atoms in total. The van der Waals surface area contributed by atoms with Crippen molar-refractivity contribution in [1.29, 1.82) is 0 Å². The van der Waals surface area contributed by atoms with Crippen LogP contribution in [0, 0.1) is 5.92 Å². The Hall–Kier alpha value is -2.24. The summed E-state index contributed by atoms with van der Waals surface area (Å²) in [5, 5.41) is 5.81. The molecule has 23 heavy (non-hydrogen) atoms. The van der Waals surface area contributed by atoms with Crippen molar-refractivity contribution in [2.75, 3.05) is 31.5 Å². The molecule has 1 aromatic carbocycles. The molecule has 0 saturated carbocycles. The first-order valence-electron chi connectivity index (χ1n) is 8.34. The van der Waals surface area contributed by atoms with Crippen molar-refractivity contribution in [3.63, 3.8) is 0 Å². The molecule has 0 aromatic heterocycles. The highest BCUT2D eigenvalue weighted by Crippen LogP contribution is 2.22. The number of nitrogens with one attached hydrogen (secondary N) is 2. The van der Waals surface area contributed by atoms with Gasteiger partial charge in [0, 0.05) is 38.4 Å². The Morgan fingerprint density at radius 1 is 1.35 bits per heavy atom. The van der Waals surface area contributed by atoms with E-state index in [1.165, 1.54) is 0 Å². The Balaban J connectivity index is 1.66. The number of para-hydroxylation sites is 1. The van der Waals surface area contributed by atoms with E-state index in [4.69, 9.17) is 0 Å². The number of likely N-dealkylation sites (tertiary alicyclic amines) is 1. The number of carbonyl (C=O) groups is 2. The summed E-state index contributed by atoms with van der Waals surface area (Å²) in [5.41, 5.74) is 1.75. The highest BCUT2D eigenvalue weighted by Gasteiger charge is 2.26. The maximum atomic E-state index is 12.5. The maximum Gasteiger partial charge on any atom is 0.321 e. The third-order valence-corrected chi connectivity index (χ3v) is 4.72. The monoisotopic (exact) mass is 316 g/mol. The number of hydrogen-bond donors (Lipinski definition) is 2. The molecule has 0 unspecified atom stereocenters. The third kappa shape index (κ3) is 3.57. The van der Waals surface area contributed by atoms with Crippen molar-refractivity contribution < 1.29 is 9.59 Å². The quantitative estimate of drug-likeness (QED) is 0.896. The fourth-order valence-corrected chi connectivity index (χ4v) is 3.19. The van der Waals surface area contributed by atoms with Crippen LogP contribution in [0.1, 0.15) is 25.3 Å². The summed E-state index contributed by atoms with van der Waals surface area (Å²) in [7, 11) is 0. The summed E-state index contributed by atoms with van der Waals surface area (Å²) in [4.78, 5) is 27.8. The molecule has 2 fully saturated rings. The van der Waals surface area contributed by atoms with Crippen molar-refractivity contribution in [1.82, 2.24) is 15.1 Å². The fraction of sp³-hybridized carbons (Fsp3) is 0.529. The van der Waals surface area contributed by atoms with Crippen molar-refractivity contribution in [2.45, 2.75) is 26.3 Å². The number of benzene rings is 1. The molecule has 1 aromatic rings. The van der Waals surface area contributed by atoms with Gasteiger partial charge >= 0.3 is 12.1 Å². The van der Waals surface area contributed by atoms with Gasteiger partial charge in [0.25, 0.3) is 0 Å². The van der Waals surface area contributed by atoms with Crippen molar-refractivity contribution in [2.24, 2.45) is 5.92 Å². The van der Waals surface area contributed by atoms with Crippen LogP contribution in [0.4, 0.5) is 15.3 Å². The first kappa shape index (κ1) is 15.6. The SMILES string of the molecule is CC[C@@H]1CCN(C(=O)Nc2ccccc2CN2CCNC2=O)C1. The van der Waals surface area contributed by atoms with Crippen LogP contribution < -0.4 is 10.6 Å². The zero-order chi connectivity index (χ0) is 16.2. The van der Waals surface area contributed by atoms with Crippen molar-refractivity contribution in [3.8, 4) is 0 Å². The summed E-state index contributed by atoms with van der Waals surface area (Å²) in [6.07, 6.45) is 2.20. The molecule has 4 amide bonds. The van der Waals surface area contributed by atoms with Gasteiger partial charge in [-0.1, -0.05) is 31.5 Å². The van der Waals surface area contributed by atoms with Crippen LogP contribution >= 0.6 is 0 Å². The minimum atomic E-state index is -0.0449. The fourth-order valence-electron chi connectivity index (χ4n) is 3.19. The lowest BCUT2D eigenvalue weighted by Gasteiger charge is -2.20. The van der Waals surface area contributed by atoms with E-state index in [-0.39, 0.29) is 12.1 Å². The van der Waals surface area contributed by atoms with Gasteiger partial charge in [0.1, 0.15) is 0 Å². The molecule has 2 N–H and O–H groups in total. The van der Waals surface area contributed by atoms with Crippen LogP contribution in [-0.2, 0) is 6.54 Å². The summed E-state index contributed by atoms with van der Waals surface area (Å²) >= 11 is 0. The standard InChI is InChI=1S/C17H24N4O2/c1-2-13-7-9-20(11-13)17(23)19-15-6-4-3-5-14(15)12-21-10-8-18-16(21)22/h3-6,13H,2,7-12H2,1H3,(H,18,22)(H,19,23)/t13-/m1/s1. The largest absolute Gasteiger partial charge is 0.336 e. The highest BCUT2D eigenvalue weighted by atomic mass is 16.2. The summed E-state index contributed by atoms with van der Waals surface area (Å²) in [5.74, 6) is 0.615. The van der Waals surface area contributed by atoms with E-state index in [9.17, 15) is 9.59 Å². The molecule has 0 spiro atoms. The van der Waals surface area contributed by atoms with Crippen LogP contribution in [0.25, 0.3) is 0 Å². The Kier molecular flexibility index (Phi) is 4.69. The molecular formula is C17H24N4O2. The number of rotatable bonds is 4. The number of amides is 4. The zero-order valence-corrected chi connectivity index (χ0v) is 13.5. The molecule has 2 heterocycles. The summed E-state index contributed by atoms with van der Waals surface area (Å²) < 4.78 is 0. The topological polar surface area (TPSA) is 64.7 Å². The van der Waals surface area contributed by atoms with Gasteiger partial charge < -0.3 is 20.4 Å². The third-order valence-electron chi connectivity index (χ3n) is 4.72. The molecular weight excluding hydrogens is 292 g/mol. The average molecular weight is 316 g/mol. The molecule has 6 heteroatoms. The van der Waals surface area contributed by atoms with Gasteiger partial charge in [-0.15, -0.1) is 0 Å². The van der Waals surface area contributed by atoms with E-state index in [1.807, 2.05) is 29.2 Å². The van der Waals surface area contributed by atoms with E-state index in [0.29, 0.717) is 25.6 Å². The second-order valence-electron chi connectivity index (χ2n) is 6.25. The molecule has 1 atom stereocenters. The predicted molar refractivity (Wildman–Crippen MR) is 89.2 cm³/mol. The van der Waals surface area contributed by atoms with Crippen LogP contribution in [0.2, 0.25) is 0 Å². The first-order valence-corrected chi connectivity index (χ1v) is 8.34. The van der Waals surface area contributed by atoms with Crippen LogP contribution in [0.3, 0.4) is 0 Å². The van der Waals surface area contributed by atoms with Crippen LogP contribution in [0.5, 0.6) is 0 Å². The Labute approximate surface area is 136 Å². The molecule has 0 radical (unpaired) electrons. The lowest BCUT2D eigenvalue weighted by atomic mass is 10.1. The Morgan fingerprint density at radius 3 is 2.87 bits per heavy atom. The van der Waals surface area contributed by atoms with E-state index in [1.54, 1.807) is 4.90 Å². The number of nitrogens with zero attached hydrogens (tertiary/aromatic N) is 2. The molecule has 2 aliphatic rings. The van der Waals surface area contributed by atoms with Gasteiger partial charge in [0.2, 0.25) is 0 Å². The van der Waals surface area contributed by atoms with Crippen LogP contribution in [-0.4, -0.2) is 48.0 Å². The molecule has 124 valence electrons. The minimum Gasteiger partial charge on any atom is -0.336 e. The normalized spacial score (nSPS) is 20.7. The lowest BCUT2D eigenvalue weighted by Crippen LogP contribution is -2.33. The second kappa shape index (κ2) is 6.89. The van der Waals surface area contributed by atoms with Gasteiger partial charge in [0.05, 0.1) is 0 Å². The van der Waals surface area contributed by atoms with Gasteiger partial charge in [-0.25, -0.2) is 9.59 Å². The maximum absolute atomic E-state index is 12.5. The smallest absolute Gasteiger partial charge is 0.321 e. The lowest BCUT2D eigenvalue weighted by molar-refractivity contribution is 0.215. The number of hydrogen-bond acceptors (Lipinski definition) is 2. The minimum absolute atomic E-state index is 0.0423. The van der Waals surface area contributed by atoms with E-state index in [0.717, 1.165) is 37.2 Å². The number of urea groups is 2. The first-order chi connectivity index (χ1) is 11.2. The predicted octanol–water partition coefficient (Wildman–Crippen LogP) is 2.48. The highest BCUT2D eigenvalue weighted by molar-refractivity contribution is 5.90. The van der Waals surface area contributed by atoms with Gasteiger partial charge in [-0.2, -0.15) is 0 Å². The summed E-state index contributed by atoms with van der Waals surface area (Å²) in [6.45, 7) is 5.72. The molecule has 0 bridgehead atoms. The number of anilines is 1. The van der Waals surface area contributed by atoms with Gasteiger partial charge in [0.15, 0.2) is 0 Å².